The summed E-state index contributed by atoms with van der Waals surface area (Å²) in [6, 6.07) is 0.477. The summed E-state index contributed by atoms with van der Waals surface area (Å²) in [6.45, 7) is 8.32. The zero-order valence-electron chi connectivity index (χ0n) is 11.7. The van der Waals surface area contributed by atoms with Gasteiger partial charge in [0.15, 0.2) is 0 Å². The van der Waals surface area contributed by atoms with E-state index in [1.165, 1.54) is 32.1 Å². The van der Waals surface area contributed by atoms with Gasteiger partial charge in [0.1, 0.15) is 5.60 Å². The molecule has 1 aliphatic carbocycles. The van der Waals surface area contributed by atoms with Gasteiger partial charge in [0.25, 0.3) is 0 Å². The third-order valence-corrected chi connectivity index (χ3v) is 3.29. The van der Waals surface area contributed by atoms with Gasteiger partial charge in [0, 0.05) is 6.04 Å². The Morgan fingerprint density at radius 1 is 1.24 bits per heavy atom. The molecule has 0 spiro atoms. The second kappa shape index (κ2) is 6.39. The first-order valence-corrected chi connectivity index (χ1v) is 6.84. The molecule has 1 fully saturated rings. The Morgan fingerprint density at radius 2 is 1.88 bits per heavy atom. The van der Waals surface area contributed by atoms with Crippen LogP contribution in [0.4, 0.5) is 0 Å². The number of nitrogens with one attached hydrogen (secondary N) is 1. The summed E-state index contributed by atoms with van der Waals surface area (Å²) in [4.78, 5) is 11.6. The van der Waals surface area contributed by atoms with Gasteiger partial charge in [-0.1, -0.05) is 26.2 Å². The van der Waals surface area contributed by atoms with Crippen LogP contribution >= 0.6 is 0 Å². The number of carbonyl (C=O) groups excluding carboxylic acids is 1. The summed E-state index contributed by atoms with van der Waals surface area (Å²) in [6.07, 6.45) is 6.38. The van der Waals surface area contributed by atoms with E-state index >= 15 is 0 Å². The molecule has 3 nitrogen and oxygen atoms in total. The molecule has 17 heavy (non-hydrogen) atoms. The molecule has 0 saturated heterocycles. The van der Waals surface area contributed by atoms with Crippen molar-refractivity contribution in [2.75, 3.05) is 6.54 Å². The van der Waals surface area contributed by atoms with E-state index in [9.17, 15) is 4.79 Å². The molecule has 0 bridgehead atoms. The molecule has 1 saturated carbocycles. The van der Waals surface area contributed by atoms with Crippen LogP contribution in [0.15, 0.2) is 0 Å². The van der Waals surface area contributed by atoms with Gasteiger partial charge in [-0.15, -0.1) is 0 Å². The fourth-order valence-corrected chi connectivity index (χ4v) is 2.39. The first kappa shape index (κ1) is 14.5. The van der Waals surface area contributed by atoms with Crippen molar-refractivity contribution in [2.45, 2.75) is 71.4 Å². The summed E-state index contributed by atoms with van der Waals surface area (Å²) in [7, 11) is 0. The molecule has 0 aromatic rings. The summed E-state index contributed by atoms with van der Waals surface area (Å²) in [5, 5.41) is 3.36. The van der Waals surface area contributed by atoms with Crippen LogP contribution in [-0.2, 0) is 9.53 Å². The Morgan fingerprint density at radius 3 is 2.53 bits per heavy atom. The van der Waals surface area contributed by atoms with Gasteiger partial charge in [-0.3, -0.25) is 4.79 Å². The SMILES string of the molecule is CC1CCCCCC1NCC(=O)OC(C)(C)C. The molecule has 3 heteroatoms. The normalized spacial score (nSPS) is 26.4. The molecule has 0 aromatic carbocycles. The number of rotatable bonds is 3. The summed E-state index contributed by atoms with van der Waals surface area (Å²) in [5.74, 6) is 0.522. The maximum absolute atomic E-state index is 11.6. The second-order valence-corrected chi connectivity index (χ2v) is 6.19. The van der Waals surface area contributed by atoms with E-state index in [0.717, 1.165) is 0 Å². The second-order valence-electron chi connectivity index (χ2n) is 6.19. The molecule has 0 aromatic heterocycles. The van der Waals surface area contributed by atoms with E-state index in [1.807, 2.05) is 20.8 Å². The lowest BCUT2D eigenvalue weighted by Crippen LogP contribution is -2.40. The highest BCUT2D eigenvalue weighted by atomic mass is 16.6. The van der Waals surface area contributed by atoms with Crippen LogP contribution in [0.25, 0.3) is 0 Å². The Balaban J connectivity index is 2.31. The molecular formula is C14H27NO2. The number of ether oxygens (including phenoxy) is 1. The number of esters is 1. The third kappa shape index (κ3) is 6.06. The van der Waals surface area contributed by atoms with Crippen molar-refractivity contribution in [3.05, 3.63) is 0 Å². The molecule has 0 amide bonds. The molecule has 1 aliphatic rings. The van der Waals surface area contributed by atoms with Crippen LogP contribution in [0.1, 0.15) is 59.8 Å². The number of hydrogen-bond donors (Lipinski definition) is 1. The lowest BCUT2D eigenvalue weighted by molar-refractivity contribution is -0.153. The van der Waals surface area contributed by atoms with Crippen molar-refractivity contribution in [3.63, 3.8) is 0 Å². The largest absolute Gasteiger partial charge is 0.459 e. The topological polar surface area (TPSA) is 38.3 Å². The molecule has 100 valence electrons. The highest BCUT2D eigenvalue weighted by Gasteiger charge is 2.21. The van der Waals surface area contributed by atoms with Gasteiger partial charge < -0.3 is 10.1 Å². The van der Waals surface area contributed by atoms with E-state index in [-0.39, 0.29) is 11.6 Å². The van der Waals surface area contributed by atoms with Gasteiger partial charge in [-0.05, 0) is 39.5 Å². The van der Waals surface area contributed by atoms with Gasteiger partial charge in [0.2, 0.25) is 0 Å². The first-order chi connectivity index (χ1) is 7.88. The van der Waals surface area contributed by atoms with Gasteiger partial charge in [-0.2, -0.15) is 0 Å². The van der Waals surface area contributed by atoms with Crippen LogP contribution in [0.5, 0.6) is 0 Å². The zero-order valence-corrected chi connectivity index (χ0v) is 11.7. The zero-order chi connectivity index (χ0) is 12.9. The Hall–Kier alpha value is -0.570. The highest BCUT2D eigenvalue weighted by Crippen LogP contribution is 2.22. The minimum absolute atomic E-state index is 0.144. The molecule has 1 rings (SSSR count). The quantitative estimate of drug-likeness (QED) is 0.610. The molecule has 2 unspecified atom stereocenters. The van der Waals surface area contributed by atoms with Crippen LogP contribution in [0.3, 0.4) is 0 Å². The van der Waals surface area contributed by atoms with Crippen LogP contribution < -0.4 is 5.32 Å². The van der Waals surface area contributed by atoms with Crippen LogP contribution in [-0.4, -0.2) is 24.2 Å². The lowest BCUT2D eigenvalue weighted by Gasteiger charge is -2.24. The summed E-state index contributed by atoms with van der Waals surface area (Å²) < 4.78 is 5.29. The molecule has 2 atom stereocenters. The minimum Gasteiger partial charge on any atom is -0.459 e. The average molecular weight is 241 g/mol. The Labute approximate surface area is 105 Å². The van der Waals surface area contributed by atoms with Crippen LogP contribution in [0, 0.1) is 5.92 Å². The molecule has 0 heterocycles. The summed E-state index contributed by atoms with van der Waals surface area (Å²) in [5.41, 5.74) is -0.381. The fourth-order valence-electron chi connectivity index (χ4n) is 2.39. The van der Waals surface area contributed by atoms with E-state index in [1.54, 1.807) is 0 Å². The molecule has 0 radical (unpaired) electrons. The predicted octanol–water partition coefficient (Wildman–Crippen LogP) is 2.89. The molecule has 1 N–H and O–H groups in total. The van der Waals surface area contributed by atoms with Crippen molar-refractivity contribution >= 4 is 5.97 Å². The maximum Gasteiger partial charge on any atom is 0.320 e. The maximum atomic E-state index is 11.6. The first-order valence-electron chi connectivity index (χ1n) is 6.84. The van der Waals surface area contributed by atoms with Gasteiger partial charge >= 0.3 is 5.97 Å². The summed E-state index contributed by atoms with van der Waals surface area (Å²) >= 11 is 0. The minimum atomic E-state index is -0.381. The lowest BCUT2D eigenvalue weighted by atomic mass is 9.97. The smallest absolute Gasteiger partial charge is 0.320 e. The van der Waals surface area contributed by atoms with E-state index in [2.05, 4.69) is 12.2 Å². The van der Waals surface area contributed by atoms with Gasteiger partial charge in [-0.25, -0.2) is 0 Å². The van der Waals surface area contributed by atoms with E-state index < -0.39 is 0 Å². The fraction of sp³-hybridized carbons (Fsp3) is 0.929. The molecular weight excluding hydrogens is 214 g/mol. The Bertz CT molecular complexity index is 245. The third-order valence-electron chi connectivity index (χ3n) is 3.29. The standard InChI is InChI=1S/C14H27NO2/c1-11-8-6-5-7-9-12(11)15-10-13(16)17-14(2,3)4/h11-12,15H,5-10H2,1-4H3. The van der Waals surface area contributed by atoms with Crippen LogP contribution in [0.2, 0.25) is 0 Å². The van der Waals surface area contributed by atoms with E-state index in [0.29, 0.717) is 18.5 Å². The Kier molecular flexibility index (Phi) is 5.44. The molecule has 0 aliphatic heterocycles. The van der Waals surface area contributed by atoms with E-state index in [4.69, 9.17) is 4.74 Å². The highest BCUT2D eigenvalue weighted by molar-refractivity contribution is 5.72. The monoisotopic (exact) mass is 241 g/mol. The number of hydrogen-bond acceptors (Lipinski definition) is 3. The van der Waals surface area contributed by atoms with Crippen molar-refractivity contribution in [1.82, 2.24) is 5.32 Å². The number of carbonyl (C=O) groups is 1. The van der Waals surface area contributed by atoms with Crippen molar-refractivity contribution < 1.29 is 9.53 Å². The van der Waals surface area contributed by atoms with Crippen molar-refractivity contribution in [2.24, 2.45) is 5.92 Å². The predicted molar refractivity (Wildman–Crippen MR) is 69.9 cm³/mol. The average Bonchev–Trinajstić information content (AvgIpc) is 2.37. The van der Waals surface area contributed by atoms with Crippen molar-refractivity contribution in [3.8, 4) is 0 Å². The van der Waals surface area contributed by atoms with Crippen molar-refractivity contribution in [1.29, 1.82) is 0 Å². The van der Waals surface area contributed by atoms with Gasteiger partial charge in [0.05, 0.1) is 6.54 Å².